The van der Waals surface area contributed by atoms with Crippen LogP contribution < -0.4 is 0 Å². The molecule has 5 heteroatoms. The Kier molecular flexibility index (Phi) is 4.23. The molecule has 0 amide bonds. The number of rotatable bonds is 4. The first kappa shape index (κ1) is 10.8. The van der Waals surface area contributed by atoms with Crippen LogP contribution in [0.4, 0.5) is 0 Å². The van der Waals surface area contributed by atoms with Gasteiger partial charge in [-0.25, -0.2) is 4.79 Å². The standard InChI is InChI=1S/C9H10O4P/c1-8(10)13-14(11)12-7-9-5-3-2-4-6-9/h2-6H,7H2,1H3/q+1. The Morgan fingerprint density at radius 1 is 1.36 bits per heavy atom. The quantitative estimate of drug-likeness (QED) is 0.720. The second kappa shape index (κ2) is 5.47. The Hall–Kier alpha value is -1.25. The van der Waals surface area contributed by atoms with Gasteiger partial charge in [-0.05, 0) is 5.56 Å². The third kappa shape index (κ3) is 4.12. The number of hydrogen-bond donors (Lipinski definition) is 0. The van der Waals surface area contributed by atoms with Crippen molar-refractivity contribution in [2.75, 3.05) is 0 Å². The lowest BCUT2D eigenvalue weighted by molar-refractivity contribution is -0.132. The van der Waals surface area contributed by atoms with E-state index < -0.39 is 14.2 Å². The number of benzene rings is 1. The SMILES string of the molecule is CC(=O)O[P+](=O)OCc1ccccc1. The maximum absolute atomic E-state index is 10.9. The third-order valence-electron chi connectivity index (χ3n) is 1.38. The molecule has 1 rings (SSSR count). The maximum atomic E-state index is 10.9. The lowest BCUT2D eigenvalue weighted by Gasteiger charge is -1.92. The molecule has 0 saturated carbocycles. The summed E-state index contributed by atoms with van der Waals surface area (Å²) in [6, 6.07) is 9.22. The van der Waals surface area contributed by atoms with Crippen LogP contribution in [0.2, 0.25) is 0 Å². The predicted molar refractivity (Wildman–Crippen MR) is 50.6 cm³/mol. The van der Waals surface area contributed by atoms with Crippen molar-refractivity contribution >= 4 is 14.2 Å². The van der Waals surface area contributed by atoms with Gasteiger partial charge in [0.1, 0.15) is 6.61 Å². The van der Waals surface area contributed by atoms with Crippen LogP contribution in [0.5, 0.6) is 0 Å². The molecule has 0 aliphatic carbocycles. The molecule has 1 atom stereocenters. The van der Waals surface area contributed by atoms with Gasteiger partial charge in [0.2, 0.25) is 0 Å². The second-order valence-corrected chi connectivity index (χ2v) is 3.45. The average molecular weight is 213 g/mol. The van der Waals surface area contributed by atoms with E-state index in [-0.39, 0.29) is 6.61 Å². The smallest absolute Gasteiger partial charge is 0.247 e. The summed E-state index contributed by atoms with van der Waals surface area (Å²) >= 11 is 0. The molecule has 74 valence electrons. The van der Waals surface area contributed by atoms with Gasteiger partial charge in [-0.15, -0.1) is 4.52 Å². The van der Waals surface area contributed by atoms with E-state index in [0.717, 1.165) is 5.56 Å². The topological polar surface area (TPSA) is 52.6 Å². The Labute approximate surface area is 82.8 Å². The molecule has 1 aromatic rings. The Morgan fingerprint density at radius 3 is 2.57 bits per heavy atom. The minimum absolute atomic E-state index is 0.170. The molecule has 1 unspecified atom stereocenters. The van der Waals surface area contributed by atoms with Crippen molar-refractivity contribution in [3.05, 3.63) is 35.9 Å². The summed E-state index contributed by atoms with van der Waals surface area (Å²) in [6.45, 7) is 1.35. The van der Waals surface area contributed by atoms with E-state index in [1.807, 2.05) is 30.3 Å². The summed E-state index contributed by atoms with van der Waals surface area (Å²) in [5.74, 6) is -0.612. The zero-order chi connectivity index (χ0) is 10.4. The van der Waals surface area contributed by atoms with Crippen molar-refractivity contribution in [1.29, 1.82) is 0 Å². The minimum Gasteiger partial charge on any atom is -0.247 e. The van der Waals surface area contributed by atoms with Gasteiger partial charge in [0, 0.05) is 11.5 Å². The Bertz CT molecular complexity index is 323. The number of carbonyl (C=O) groups excluding carboxylic acids is 1. The summed E-state index contributed by atoms with van der Waals surface area (Å²) in [7, 11) is -2.34. The van der Waals surface area contributed by atoms with Gasteiger partial charge >= 0.3 is 14.2 Å². The highest BCUT2D eigenvalue weighted by Gasteiger charge is 2.23. The van der Waals surface area contributed by atoms with Crippen molar-refractivity contribution in [3.8, 4) is 0 Å². The van der Waals surface area contributed by atoms with E-state index >= 15 is 0 Å². The molecule has 0 radical (unpaired) electrons. The monoisotopic (exact) mass is 213 g/mol. The molecule has 0 aliphatic rings. The van der Waals surface area contributed by atoms with Crippen molar-refractivity contribution < 1.29 is 18.4 Å². The number of carbonyl (C=O) groups is 1. The highest BCUT2D eigenvalue weighted by Crippen LogP contribution is 2.25. The first-order valence-electron chi connectivity index (χ1n) is 4.01. The van der Waals surface area contributed by atoms with Gasteiger partial charge in [0.15, 0.2) is 0 Å². The Balaban J connectivity index is 2.34. The molecular weight excluding hydrogens is 203 g/mol. The van der Waals surface area contributed by atoms with Crippen LogP contribution >= 0.6 is 8.25 Å². The molecule has 0 bridgehead atoms. The van der Waals surface area contributed by atoms with E-state index in [2.05, 4.69) is 4.52 Å². The van der Waals surface area contributed by atoms with E-state index in [1.54, 1.807) is 0 Å². The fraction of sp³-hybridized carbons (Fsp3) is 0.222. The van der Waals surface area contributed by atoms with Gasteiger partial charge in [0.25, 0.3) is 0 Å². The van der Waals surface area contributed by atoms with Gasteiger partial charge in [-0.1, -0.05) is 30.3 Å². The summed E-state index contributed by atoms with van der Waals surface area (Å²) in [4.78, 5) is 10.4. The second-order valence-electron chi connectivity index (χ2n) is 2.57. The predicted octanol–water partition coefficient (Wildman–Crippen LogP) is 2.42. The first-order chi connectivity index (χ1) is 6.68. The molecule has 0 saturated heterocycles. The molecule has 0 fully saturated rings. The largest absolute Gasteiger partial charge is 0.753 e. The van der Waals surface area contributed by atoms with Crippen molar-refractivity contribution in [3.63, 3.8) is 0 Å². The molecule has 14 heavy (non-hydrogen) atoms. The van der Waals surface area contributed by atoms with E-state index in [4.69, 9.17) is 4.52 Å². The summed E-state index contributed by atoms with van der Waals surface area (Å²) in [5, 5.41) is 0. The van der Waals surface area contributed by atoms with Crippen LogP contribution in [0, 0.1) is 0 Å². The molecule has 0 heterocycles. The molecule has 0 aromatic heterocycles. The fourth-order valence-electron chi connectivity index (χ4n) is 0.833. The molecule has 1 aromatic carbocycles. The zero-order valence-electron chi connectivity index (χ0n) is 7.67. The average Bonchev–Trinajstić information content (AvgIpc) is 2.15. The summed E-state index contributed by atoms with van der Waals surface area (Å²) in [5.41, 5.74) is 0.878. The minimum atomic E-state index is -2.34. The van der Waals surface area contributed by atoms with Gasteiger partial charge in [-0.3, -0.25) is 0 Å². The highest BCUT2D eigenvalue weighted by atomic mass is 31.1. The molecule has 4 nitrogen and oxygen atoms in total. The van der Waals surface area contributed by atoms with E-state index in [0.29, 0.717) is 0 Å². The van der Waals surface area contributed by atoms with Crippen molar-refractivity contribution in [2.45, 2.75) is 13.5 Å². The fourth-order valence-corrected chi connectivity index (χ4v) is 1.35. The van der Waals surface area contributed by atoms with Crippen LogP contribution in [-0.2, 0) is 25.0 Å². The number of hydrogen-bond acceptors (Lipinski definition) is 4. The van der Waals surface area contributed by atoms with Crippen LogP contribution in [0.25, 0.3) is 0 Å². The first-order valence-corrected chi connectivity index (χ1v) is 5.10. The molecule has 0 spiro atoms. The highest BCUT2D eigenvalue weighted by molar-refractivity contribution is 7.34. The van der Waals surface area contributed by atoms with Crippen molar-refractivity contribution in [1.82, 2.24) is 0 Å². The summed E-state index contributed by atoms with van der Waals surface area (Å²) < 4.78 is 20.0. The van der Waals surface area contributed by atoms with Crippen molar-refractivity contribution in [2.24, 2.45) is 0 Å². The van der Waals surface area contributed by atoms with Gasteiger partial charge in [-0.2, -0.15) is 4.52 Å². The van der Waals surface area contributed by atoms with Crippen LogP contribution in [0.3, 0.4) is 0 Å². The molecular formula is C9H10O4P+. The van der Waals surface area contributed by atoms with E-state index in [1.165, 1.54) is 6.92 Å². The molecule has 0 N–H and O–H groups in total. The maximum Gasteiger partial charge on any atom is 0.753 e. The Morgan fingerprint density at radius 2 is 2.00 bits per heavy atom. The lowest BCUT2D eigenvalue weighted by Crippen LogP contribution is -1.92. The van der Waals surface area contributed by atoms with Crippen LogP contribution in [0.15, 0.2) is 30.3 Å². The van der Waals surface area contributed by atoms with Gasteiger partial charge in [0.05, 0.1) is 0 Å². The normalized spacial score (nSPS) is 10.8. The molecule has 0 aliphatic heterocycles. The lowest BCUT2D eigenvalue weighted by atomic mass is 10.2. The van der Waals surface area contributed by atoms with Gasteiger partial charge < -0.3 is 0 Å². The third-order valence-corrected chi connectivity index (χ3v) is 2.13. The van der Waals surface area contributed by atoms with Crippen LogP contribution in [0.1, 0.15) is 12.5 Å². The summed E-state index contributed by atoms with van der Waals surface area (Å²) in [6.07, 6.45) is 0. The van der Waals surface area contributed by atoms with Crippen LogP contribution in [-0.4, -0.2) is 5.97 Å². The van der Waals surface area contributed by atoms with E-state index in [9.17, 15) is 9.36 Å². The zero-order valence-corrected chi connectivity index (χ0v) is 8.57.